The van der Waals surface area contributed by atoms with E-state index in [9.17, 15) is 5.11 Å². The average Bonchev–Trinajstić information content (AvgIpc) is 2.52. The molecule has 0 spiro atoms. The van der Waals surface area contributed by atoms with Crippen LogP contribution in [-0.2, 0) is 11.8 Å². The van der Waals surface area contributed by atoms with Crippen molar-refractivity contribution in [3.8, 4) is 5.75 Å². The molecule has 23 heavy (non-hydrogen) atoms. The van der Waals surface area contributed by atoms with E-state index in [1.807, 2.05) is 6.07 Å². The smallest absolute Gasteiger partial charge is 0.119 e. The predicted octanol–water partition coefficient (Wildman–Crippen LogP) is 4.64. The average molecular weight is 313 g/mol. The Morgan fingerprint density at radius 1 is 1.04 bits per heavy atom. The van der Waals surface area contributed by atoms with Crippen LogP contribution < -0.4 is 0 Å². The number of phenolic OH excluding ortho intramolecular Hbond substituents is 1. The fourth-order valence-corrected chi connectivity index (χ4v) is 6.01. The minimum Gasteiger partial charge on any atom is -0.508 e. The van der Waals surface area contributed by atoms with Gasteiger partial charge in [-0.05, 0) is 82.0 Å². The second kappa shape index (κ2) is 4.99. The Kier molecular flexibility index (Phi) is 3.36. The molecule has 1 saturated heterocycles. The van der Waals surface area contributed by atoms with Crippen LogP contribution in [0, 0.1) is 5.41 Å². The van der Waals surface area contributed by atoms with Gasteiger partial charge in [-0.3, -0.25) is 4.90 Å². The summed E-state index contributed by atoms with van der Waals surface area (Å²) < 4.78 is 0. The van der Waals surface area contributed by atoms with E-state index in [1.54, 1.807) is 0 Å². The minimum absolute atomic E-state index is 0.261. The van der Waals surface area contributed by atoms with Gasteiger partial charge in [-0.2, -0.15) is 0 Å². The van der Waals surface area contributed by atoms with Crippen molar-refractivity contribution >= 4 is 0 Å². The van der Waals surface area contributed by atoms with Gasteiger partial charge in [0.05, 0.1) is 0 Å². The normalized spacial score (nSPS) is 34.4. The third kappa shape index (κ3) is 2.10. The highest BCUT2D eigenvalue weighted by atomic mass is 16.3. The molecular weight excluding hydrogens is 282 g/mol. The Hall–Kier alpha value is -1.02. The Labute approximate surface area is 140 Å². The Bertz CT molecular complexity index is 617. The molecule has 2 unspecified atom stereocenters. The van der Waals surface area contributed by atoms with Gasteiger partial charge in [0, 0.05) is 17.5 Å². The van der Waals surface area contributed by atoms with E-state index in [-0.39, 0.29) is 5.54 Å². The second-order valence-electron chi connectivity index (χ2n) is 9.22. The maximum absolute atomic E-state index is 10.4. The fourth-order valence-electron chi connectivity index (χ4n) is 6.01. The number of piperidine rings is 1. The Morgan fingerprint density at radius 3 is 2.61 bits per heavy atom. The van der Waals surface area contributed by atoms with Gasteiger partial charge in [-0.1, -0.05) is 25.0 Å². The number of benzene rings is 1. The molecule has 0 amide bonds. The van der Waals surface area contributed by atoms with Gasteiger partial charge in [0.25, 0.3) is 0 Å². The lowest BCUT2D eigenvalue weighted by Crippen LogP contribution is -2.64. The molecule has 2 aliphatic carbocycles. The number of rotatable bonds is 0. The van der Waals surface area contributed by atoms with Crippen molar-refractivity contribution in [2.75, 3.05) is 13.1 Å². The summed E-state index contributed by atoms with van der Waals surface area (Å²) >= 11 is 0. The largest absolute Gasteiger partial charge is 0.508 e. The summed E-state index contributed by atoms with van der Waals surface area (Å²) in [6, 6.07) is 6.29. The first-order valence-corrected chi connectivity index (χ1v) is 9.45. The maximum Gasteiger partial charge on any atom is 0.119 e. The predicted molar refractivity (Wildman–Crippen MR) is 94.9 cm³/mol. The van der Waals surface area contributed by atoms with Crippen LogP contribution in [0.5, 0.6) is 5.75 Å². The number of nitrogens with zero attached hydrogens (tertiary/aromatic N) is 1. The van der Waals surface area contributed by atoms with Crippen LogP contribution in [-0.4, -0.2) is 28.6 Å². The topological polar surface area (TPSA) is 23.5 Å². The van der Waals surface area contributed by atoms with E-state index in [2.05, 4.69) is 37.8 Å². The fraction of sp³-hybridized carbons (Fsp3) is 0.714. The van der Waals surface area contributed by atoms with E-state index in [1.165, 1.54) is 62.7 Å². The molecule has 1 aliphatic heterocycles. The first-order valence-electron chi connectivity index (χ1n) is 9.45. The molecule has 1 N–H and O–H groups in total. The number of hydrogen-bond donors (Lipinski definition) is 1. The van der Waals surface area contributed by atoms with Gasteiger partial charge in [0.1, 0.15) is 5.75 Å². The van der Waals surface area contributed by atoms with Crippen LogP contribution in [0.25, 0.3) is 0 Å². The van der Waals surface area contributed by atoms with Crippen molar-refractivity contribution in [3.63, 3.8) is 0 Å². The zero-order chi connectivity index (χ0) is 16.3. The monoisotopic (exact) mass is 313 g/mol. The maximum atomic E-state index is 10.4. The molecule has 0 bridgehead atoms. The quantitative estimate of drug-likeness (QED) is 0.754. The van der Waals surface area contributed by atoms with Crippen molar-refractivity contribution in [2.45, 2.75) is 76.7 Å². The molecule has 2 heteroatoms. The number of aromatic hydroxyl groups is 1. The Morgan fingerprint density at radius 2 is 1.83 bits per heavy atom. The molecule has 2 nitrogen and oxygen atoms in total. The molecular formula is C21H31NO. The van der Waals surface area contributed by atoms with Crippen LogP contribution in [0.4, 0.5) is 0 Å². The molecule has 1 heterocycles. The van der Waals surface area contributed by atoms with Crippen molar-refractivity contribution < 1.29 is 5.11 Å². The van der Waals surface area contributed by atoms with Crippen LogP contribution in [0.15, 0.2) is 18.2 Å². The lowest BCUT2D eigenvalue weighted by molar-refractivity contribution is -0.0750. The molecule has 1 saturated carbocycles. The highest BCUT2D eigenvalue weighted by Crippen LogP contribution is 2.63. The number of likely N-dealkylation sites (tertiary alicyclic amines) is 1. The van der Waals surface area contributed by atoms with Crippen molar-refractivity contribution in [3.05, 3.63) is 29.3 Å². The second-order valence-corrected chi connectivity index (χ2v) is 9.22. The molecule has 1 aromatic carbocycles. The van der Waals surface area contributed by atoms with Crippen molar-refractivity contribution in [2.24, 2.45) is 5.41 Å². The van der Waals surface area contributed by atoms with E-state index in [0.29, 0.717) is 16.6 Å². The van der Waals surface area contributed by atoms with Gasteiger partial charge in [0.15, 0.2) is 0 Å². The summed E-state index contributed by atoms with van der Waals surface area (Å²) in [5.74, 6) is 0.536. The molecule has 2 fully saturated rings. The summed E-state index contributed by atoms with van der Waals surface area (Å²) in [5, 5.41) is 10.4. The molecule has 1 aromatic rings. The zero-order valence-corrected chi connectivity index (χ0v) is 15.0. The third-order valence-corrected chi connectivity index (χ3v) is 7.30. The van der Waals surface area contributed by atoms with Crippen LogP contribution in [0.2, 0.25) is 0 Å². The standard InChI is InChI=1S/C21H31NO/c1-19(2,3)22-14-13-21-11-5-4-10-20(21,15-22)12-9-16-17(21)7-6-8-18(16)23/h6-8,23H,4-5,9-15H2,1-3H3. The highest BCUT2D eigenvalue weighted by molar-refractivity contribution is 5.48. The van der Waals surface area contributed by atoms with Gasteiger partial charge >= 0.3 is 0 Å². The molecule has 4 rings (SSSR count). The van der Waals surface area contributed by atoms with Crippen LogP contribution in [0.3, 0.4) is 0 Å². The lowest BCUT2D eigenvalue weighted by atomic mass is 9.46. The SMILES string of the molecule is CC(C)(C)N1CCC23CCCCC2(CCc2c(O)cccc23)C1. The molecule has 2 atom stereocenters. The van der Waals surface area contributed by atoms with Gasteiger partial charge in [0.2, 0.25) is 0 Å². The first-order chi connectivity index (χ1) is 10.9. The van der Waals surface area contributed by atoms with E-state index in [4.69, 9.17) is 0 Å². The van der Waals surface area contributed by atoms with Crippen LogP contribution in [0.1, 0.15) is 70.4 Å². The number of phenols is 1. The number of fused-ring (bicyclic) bond motifs is 1. The van der Waals surface area contributed by atoms with E-state index < -0.39 is 0 Å². The lowest BCUT2D eigenvalue weighted by Gasteiger charge is -2.64. The zero-order valence-electron chi connectivity index (χ0n) is 15.0. The summed E-state index contributed by atoms with van der Waals surface area (Å²) in [4.78, 5) is 2.73. The Balaban J connectivity index is 1.83. The summed E-state index contributed by atoms with van der Waals surface area (Å²) in [7, 11) is 0. The molecule has 3 aliphatic rings. The highest BCUT2D eigenvalue weighted by Gasteiger charge is 2.59. The van der Waals surface area contributed by atoms with E-state index in [0.717, 1.165) is 6.42 Å². The third-order valence-electron chi connectivity index (χ3n) is 7.30. The summed E-state index contributed by atoms with van der Waals surface area (Å²) in [5.41, 5.74) is 3.76. The summed E-state index contributed by atoms with van der Waals surface area (Å²) in [6.45, 7) is 9.53. The van der Waals surface area contributed by atoms with Gasteiger partial charge in [-0.25, -0.2) is 0 Å². The number of hydrogen-bond acceptors (Lipinski definition) is 2. The summed E-state index contributed by atoms with van der Waals surface area (Å²) in [6.07, 6.45) is 9.00. The first kappa shape index (κ1) is 15.5. The molecule has 0 radical (unpaired) electrons. The van der Waals surface area contributed by atoms with E-state index >= 15 is 0 Å². The van der Waals surface area contributed by atoms with Crippen molar-refractivity contribution in [1.82, 2.24) is 4.90 Å². The van der Waals surface area contributed by atoms with Gasteiger partial charge in [-0.15, -0.1) is 0 Å². The molecule has 0 aromatic heterocycles. The van der Waals surface area contributed by atoms with Crippen molar-refractivity contribution in [1.29, 1.82) is 0 Å². The molecule has 126 valence electrons. The minimum atomic E-state index is 0.261. The van der Waals surface area contributed by atoms with Gasteiger partial charge < -0.3 is 5.11 Å². The van der Waals surface area contributed by atoms with Crippen LogP contribution >= 0.6 is 0 Å².